The van der Waals surface area contributed by atoms with E-state index >= 15 is 0 Å². The summed E-state index contributed by atoms with van der Waals surface area (Å²) in [5, 5.41) is 10.9. The van der Waals surface area contributed by atoms with E-state index in [1.54, 1.807) is 11.0 Å². The first-order valence-corrected chi connectivity index (χ1v) is 7.16. The number of carbonyl (C=O) groups is 1. The fourth-order valence-corrected chi connectivity index (χ4v) is 3.05. The van der Waals surface area contributed by atoms with Crippen LogP contribution >= 0.6 is 15.9 Å². The lowest BCUT2D eigenvalue weighted by atomic mass is 10.1. The van der Waals surface area contributed by atoms with Crippen molar-refractivity contribution < 1.29 is 9.72 Å². The predicted octanol–water partition coefficient (Wildman–Crippen LogP) is 3.51. The van der Waals surface area contributed by atoms with Crippen molar-refractivity contribution in [3.63, 3.8) is 0 Å². The van der Waals surface area contributed by atoms with Gasteiger partial charge in [-0.1, -0.05) is 30.3 Å². The van der Waals surface area contributed by atoms with E-state index in [0.717, 1.165) is 11.1 Å². The number of halogens is 1. The molecule has 1 amide bonds. The summed E-state index contributed by atoms with van der Waals surface area (Å²) < 4.78 is 0.232. The lowest BCUT2D eigenvalue weighted by molar-refractivity contribution is -0.385. The van der Waals surface area contributed by atoms with Crippen molar-refractivity contribution in [2.45, 2.75) is 13.1 Å². The van der Waals surface area contributed by atoms with E-state index in [0.29, 0.717) is 18.7 Å². The minimum absolute atomic E-state index is 0.0995. The first-order valence-electron chi connectivity index (χ1n) is 6.37. The van der Waals surface area contributed by atoms with Crippen molar-refractivity contribution in [1.82, 2.24) is 4.90 Å². The first kappa shape index (κ1) is 13.8. The molecule has 1 aliphatic rings. The van der Waals surface area contributed by atoms with Gasteiger partial charge in [0.25, 0.3) is 11.6 Å². The Hall–Kier alpha value is -2.21. The van der Waals surface area contributed by atoms with Crippen molar-refractivity contribution in [1.29, 1.82) is 0 Å². The minimum Gasteiger partial charge on any atom is -0.330 e. The van der Waals surface area contributed by atoms with Gasteiger partial charge < -0.3 is 4.90 Å². The molecule has 0 aromatic heterocycles. The number of nitro benzene ring substituents is 1. The van der Waals surface area contributed by atoms with Crippen LogP contribution in [0, 0.1) is 10.1 Å². The highest BCUT2D eigenvalue weighted by molar-refractivity contribution is 9.10. The Labute approximate surface area is 129 Å². The van der Waals surface area contributed by atoms with Crippen LogP contribution in [-0.2, 0) is 13.1 Å². The van der Waals surface area contributed by atoms with E-state index in [-0.39, 0.29) is 16.1 Å². The topological polar surface area (TPSA) is 63.4 Å². The van der Waals surface area contributed by atoms with Gasteiger partial charge >= 0.3 is 0 Å². The lowest BCUT2D eigenvalue weighted by Crippen LogP contribution is -2.25. The zero-order valence-corrected chi connectivity index (χ0v) is 12.5. The van der Waals surface area contributed by atoms with Crippen molar-refractivity contribution >= 4 is 27.5 Å². The number of carbonyl (C=O) groups excluding carboxylic acids is 1. The van der Waals surface area contributed by atoms with Gasteiger partial charge in [0, 0.05) is 19.2 Å². The van der Waals surface area contributed by atoms with Crippen LogP contribution in [0.15, 0.2) is 46.9 Å². The molecule has 0 spiro atoms. The lowest BCUT2D eigenvalue weighted by Gasteiger charge is -2.16. The fraction of sp³-hybridized carbons (Fsp3) is 0.133. The second-order valence-corrected chi connectivity index (χ2v) is 5.62. The molecule has 0 fully saturated rings. The molecule has 1 aliphatic heterocycles. The van der Waals surface area contributed by atoms with Crippen molar-refractivity contribution in [3.8, 4) is 0 Å². The molecular weight excluding hydrogens is 336 g/mol. The summed E-state index contributed by atoms with van der Waals surface area (Å²) in [6.07, 6.45) is 0. The largest absolute Gasteiger partial charge is 0.330 e. The summed E-state index contributed by atoms with van der Waals surface area (Å²) >= 11 is 3.18. The number of hydrogen-bond acceptors (Lipinski definition) is 3. The molecule has 6 heteroatoms. The molecule has 0 atom stereocenters. The van der Waals surface area contributed by atoms with Crippen LogP contribution < -0.4 is 0 Å². The smallest absolute Gasteiger partial charge is 0.284 e. The van der Waals surface area contributed by atoms with Gasteiger partial charge in [0.15, 0.2) is 0 Å². The Morgan fingerprint density at radius 1 is 1.10 bits per heavy atom. The van der Waals surface area contributed by atoms with Crippen molar-refractivity contribution in [2.75, 3.05) is 0 Å². The average Bonchev–Trinajstić information content (AvgIpc) is 2.90. The highest BCUT2D eigenvalue weighted by Crippen LogP contribution is 2.31. The van der Waals surface area contributed by atoms with E-state index in [2.05, 4.69) is 15.9 Å². The van der Waals surface area contributed by atoms with E-state index in [9.17, 15) is 14.9 Å². The molecule has 0 saturated carbocycles. The Kier molecular flexibility index (Phi) is 3.47. The fourth-order valence-electron chi connectivity index (χ4n) is 2.47. The number of benzene rings is 2. The van der Waals surface area contributed by atoms with Gasteiger partial charge in [-0.2, -0.15) is 0 Å². The van der Waals surface area contributed by atoms with E-state index in [1.807, 2.05) is 24.3 Å². The molecule has 0 unspecified atom stereocenters. The number of amides is 1. The van der Waals surface area contributed by atoms with Crippen molar-refractivity contribution in [3.05, 3.63) is 73.7 Å². The molecule has 2 aromatic carbocycles. The third-order valence-corrected chi connectivity index (χ3v) is 4.37. The molecule has 2 aromatic rings. The third-order valence-electron chi connectivity index (χ3n) is 3.53. The van der Waals surface area contributed by atoms with Gasteiger partial charge in [0.1, 0.15) is 4.47 Å². The highest BCUT2D eigenvalue weighted by atomic mass is 79.9. The highest BCUT2D eigenvalue weighted by Gasteiger charge is 2.27. The van der Waals surface area contributed by atoms with Crippen LogP contribution in [0.2, 0.25) is 0 Å². The van der Waals surface area contributed by atoms with Crippen LogP contribution in [0.3, 0.4) is 0 Å². The molecule has 5 nitrogen and oxygen atoms in total. The molecule has 0 radical (unpaired) electrons. The predicted molar refractivity (Wildman–Crippen MR) is 80.8 cm³/mol. The minimum atomic E-state index is -0.500. The Morgan fingerprint density at radius 3 is 2.29 bits per heavy atom. The van der Waals surface area contributed by atoms with Gasteiger partial charge in [-0.15, -0.1) is 0 Å². The summed E-state index contributed by atoms with van der Waals surface area (Å²) in [5.74, 6) is -0.207. The molecule has 0 aliphatic carbocycles. The second kappa shape index (κ2) is 5.29. The molecule has 1 heterocycles. The van der Waals surface area contributed by atoms with Gasteiger partial charge in [0.05, 0.1) is 10.5 Å². The van der Waals surface area contributed by atoms with Gasteiger partial charge in [0.2, 0.25) is 0 Å². The molecule has 0 saturated heterocycles. The summed E-state index contributed by atoms with van der Waals surface area (Å²) in [6, 6.07) is 12.4. The first-order chi connectivity index (χ1) is 10.1. The van der Waals surface area contributed by atoms with E-state index in [1.165, 1.54) is 12.1 Å². The van der Waals surface area contributed by atoms with Gasteiger partial charge in [-0.05, 0) is 33.1 Å². The zero-order chi connectivity index (χ0) is 15.0. The molecule has 3 rings (SSSR count). The van der Waals surface area contributed by atoms with E-state index in [4.69, 9.17) is 0 Å². The SMILES string of the molecule is O=C(c1cccc([N+](=O)[O-])c1Br)N1Cc2ccccc2C1. The normalized spacial score (nSPS) is 13.1. The molecule has 0 bridgehead atoms. The summed E-state index contributed by atoms with van der Waals surface area (Å²) in [4.78, 5) is 24.7. The van der Waals surface area contributed by atoms with Gasteiger partial charge in [-0.25, -0.2) is 0 Å². The molecule has 21 heavy (non-hydrogen) atoms. The number of rotatable bonds is 2. The van der Waals surface area contributed by atoms with Crippen LogP contribution in [0.5, 0.6) is 0 Å². The van der Waals surface area contributed by atoms with Gasteiger partial charge in [-0.3, -0.25) is 14.9 Å². The molecule has 106 valence electrons. The maximum atomic E-state index is 12.6. The standard InChI is InChI=1S/C15H11BrN2O3/c16-14-12(6-3-7-13(14)18(20)21)15(19)17-8-10-4-1-2-5-11(10)9-17/h1-7H,8-9H2. The summed E-state index contributed by atoms with van der Waals surface area (Å²) in [7, 11) is 0. The maximum absolute atomic E-state index is 12.6. The van der Waals surface area contributed by atoms with Crippen LogP contribution in [0.1, 0.15) is 21.5 Å². The quantitative estimate of drug-likeness (QED) is 0.617. The number of nitrogens with zero attached hydrogens (tertiary/aromatic N) is 2. The average molecular weight is 347 g/mol. The maximum Gasteiger partial charge on any atom is 0.284 e. The Morgan fingerprint density at radius 2 is 1.71 bits per heavy atom. The number of fused-ring (bicyclic) bond motifs is 1. The summed E-state index contributed by atoms with van der Waals surface area (Å²) in [6.45, 7) is 1.06. The van der Waals surface area contributed by atoms with E-state index < -0.39 is 4.92 Å². The van der Waals surface area contributed by atoms with Crippen LogP contribution in [0.25, 0.3) is 0 Å². The summed E-state index contributed by atoms with van der Waals surface area (Å²) in [5.41, 5.74) is 2.45. The number of nitro groups is 1. The van der Waals surface area contributed by atoms with Crippen molar-refractivity contribution in [2.24, 2.45) is 0 Å². The number of hydrogen-bond donors (Lipinski definition) is 0. The zero-order valence-electron chi connectivity index (χ0n) is 11.0. The molecule has 0 N–H and O–H groups in total. The Bertz CT molecular complexity index is 720. The third kappa shape index (κ3) is 2.42. The van der Waals surface area contributed by atoms with Crippen LogP contribution in [-0.4, -0.2) is 15.7 Å². The Balaban J connectivity index is 1.91. The second-order valence-electron chi connectivity index (χ2n) is 4.83. The van der Waals surface area contributed by atoms with Crippen LogP contribution in [0.4, 0.5) is 5.69 Å². The monoisotopic (exact) mass is 346 g/mol. The molecular formula is C15H11BrN2O3.